The Kier molecular flexibility index (Phi) is 4.25. The van der Waals surface area contributed by atoms with E-state index >= 15 is 0 Å². The third-order valence-electron chi connectivity index (χ3n) is 3.03. The van der Waals surface area contributed by atoms with Gasteiger partial charge in [0.05, 0.1) is 4.47 Å². The number of hydrogen-bond donors (Lipinski definition) is 1. The third kappa shape index (κ3) is 3.57. The van der Waals surface area contributed by atoms with E-state index in [1.807, 2.05) is 6.92 Å². The number of anilines is 1. The lowest BCUT2D eigenvalue weighted by Crippen LogP contribution is -2.02. The summed E-state index contributed by atoms with van der Waals surface area (Å²) in [6.45, 7) is 6.83. The number of benzene rings is 2. The molecule has 0 saturated heterocycles. The summed E-state index contributed by atoms with van der Waals surface area (Å²) in [7, 11) is 0. The minimum absolute atomic E-state index is 0.242. The Bertz CT molecular complexity index is 588. The van der Waals surface area contributed by atoms with Crippen LogP contribution in [0.2, 0.25) is 0 Å². The van der Waals surface area contributed by atoms with E-state index in [1.54, 1.807) is 6.07 Å². The standard InChI is InChI=1S/C16H17BrFN/c1-10-4-11(2)6-13(5-10)9-19-16-8-15(18)14(17)7-12(16)3/h4-8,19H,9H2,1-3H3. The lowest BCUT2D eigenvalue weighted by atomic mass is 10.1. The van der Waals surface area contributed by atoms with Gasteiger partial charge in [-0.3, -0.25) is 0 Å². The van der Waals surface area contributed by atoms with Crippen LogP contribution in [0.3, 0.4) is 0 Å². The number of aryl methyl sites for hydroxylation is 3. The maximum Gasteiger partial charge on any atom is 0.139 e. The maximum absolute atomic E-state index is 13.5. The molecule has 0 saturated carbocycles. The first-order valence-corrected chi connectivity index (χ1v) is 7.01. The zero-order chi connectivity index (χ0) is 14.0. The fourth-order valence-corrected chi connectivity index (χ4v) is 2.66. The molecule has 3 heteroatoms. The second kappa shape index (κ2) is 5.74. The molecule has 0 aliphatic rings. The molecule has 1 nitrogen and oxygen atoms in total. The molecule has 0 radical (unpaired) electrons. The van der Waals surface area contributed by atoms with E-state index in [2.05, 4.69) is 53.3 Å². The summed E-state index contributed by atoms with van der Waals surface area (Å²) in [5, 5.41) is 3.29. The lowest BCUT2D eigenvalue weighted by Gasteiger charge is -2.11. The highest BCUT2D eigenvalue weighted by Crippen LogP contribution is 2.24. The molecule has 100 valence electrons. The molecular weight excluding hydrogens is 305 g/mol. The summed E-state index contributed by atoms with van der Waals surface area (Å²) >= 11 is 3.19. The van der Waals surface area contributed by atoms with Gasteiger partial charge in [0.15, 0.2) is 0 Å². The summed E-state index contributed by atoms with van der Waals surface area (Å²) in [6, 6.07) is 9.75. The van der Waals surface area contributed by atoms with Crippen molar-refractivity contribution in [2.45, 2.75) is 27.3 Å². The first-order chi connectivity index (χ1) is 8.95. The van der Waals surface area contributed by atoms with Gasteiger partial charge in [0.25, 0.3) is 0 Å². The van der Waals surface area contributed by atoms with Crippen LogP contribution in [0, 0.1) is 26.6 Å². The van der Waals surface area contributed by atoms with Crippen molar-refractivity contribution in [2.75, 3.05) is 5.32 Å². The summed E-state index contributed by atoms with van der Waals surface area (Å²) in [5.41, 5.74) is 5.56. The van der Waals surface area contributed by atoms with Crippen molar-refractivity contribution in [3.8, 4) is 0 Å². The van der Waals surface area contributed by atoms with Gasteiger partial charge in [-0.1, -0.05) is 29.3 Å². The van der Waals surface area contributed by atoms with E-state index in [-0.39, 0.29) is 5.82 Å². The van der Waals surface area contributed by atoms with Crippen molar-refractivity contribution in [2.24, 2.45) is 0 Å². The second-order valence-electron chi connectivity index (χ2n) is 4.93. The average Bonchev–Trinajstić information content (AvgIpc) is 2.31. The smallest absolute Gasteiger partial charge is 0.139 e. The molecule has 0 aromatic heterocycles. The molecule has 0 amide bonds. The minimum atomic E-state index is -0.242. The highest BCUT2D eigenvalue weighted by atomic mass is 79.9. The highest BCUT2D eigenvalue weighted by Gasteiger charge is 2.05. The van der Waals surface area contributed by atoms with Crippen molar-refractivity contribution < 1.29 is 4.39 Å². The van der Waals surface area contributed by atoms with Crippen LogP contribution in [0.5, 0.6) is 0 Å². The molecule has 0 spiro atoms. The Hall–Kier alpha value is -1.35. The fourth-order valence-electron chi connectivity index (χ4n) is 2.21. The predicted octanol–water partition coefficient (Wildman–Crippen LogP) is 5.13. The Morgan fingerprint density at radius 3 is 2.26 bits per heavy atom. The van der Waals surface area contributed by atoms with Gasteiger partial charge in [-0.25, -0.2) is 4.39 Å². The van der Waals surface area contributed by atoms with E-state index in [0.29, 0.717) is 11.0 Å². The monoisotopic (exact) mass is 321 g/mol. The van der Waals surface area contributed by atoms with E-state index in [4.69, 9.17) is 0 Å². The van der Waals surface area contributed by atoms with Crippen LogP contribution in [0.25, 0.3) is 0 Å². The zero-order valence-corrected chi connectivity index (χ0v) is 12.9. The molecule has 2 aromatic rings. The Labute approximate surface area is 122 Å². The van der Waals surface area contributed by atoms with Gasteiger partial charge in [-0.2, -0.15) is 0 Å². The van der Waals surface area contributed by atoms with Gasteiger partial charge in [0.1, 0.15) is 5.82 Å². The zero-order valence-electron chi connectivity index (χ0n) is 11.3. The highest BCUT2D eigenvalue weighted by molar-refractivity contribution is 9.10. The molecule has 1 N–H and O–H groups in total. The number of hydrogen-bond acceptors (Lipinski definition) is 1. The van der Waals surface area contributed by atoms with Crippen LogP contribution in [0.1, 0.15) is 22.3 Å². The van der Waals surface area contributed by atoms with Crippen LogP contribution in [-0.4, -0.2) is 0 Å². The van der Waals surface area contributed by atoms with Crippen molar-refractivity contribution in [3.63, 3.8) is 0 Å². The normalized spacial score (nSPS) is 10.6. The minimum Gasteiger partial charge on any atom is -0.381 e. The van der Waals surface area contributed by atoms with Crippen LogP contribution in [0.4, 0.5) is 10.1 Å². The summed E-state index contributed by atoms with van der Waals surface area (Å²) < 4.78 is 14.0. The molecular formula is C16H17BrFN. The maximum atomic E-state index is 13.5. The fraction of sp³-hybridized carbons (Fsp3) is 0.250. The molecule has 0 heterocycles. The van der Waals surface area contributed by atoms with Crippen molar-refractivity contribution in [1.82, 2.24) is 0 Å². The Morgan fingerprint density at radius 2 is 1.63 bits per heavy atom. The third-order valence-corrected chi connectivity index (χ3v) is 3.64. The van der Waals surface area contributed by atoms with Crippen molar-refractivity contribution in [3.05, 3.63) is 62.9 Å². The second-order valence-corrected chi connectivity index (χ2v) is 5.79. The SMILES string of the molecule is Cc1cc(C)cc(CNc2cc(F)c(Br)cc2C)c1. The van der Waals surface area contributed by atoms with E-state index in [0.717, 1.165) is 11.3 Å². The van der Waals surface area contributed by atoms with E-state index in [9.17, 15) is 4.39 Å². The van der Waals surface area contributed by atoms with Crippen LogP contribution in [0.15, 0.2) is 34.8 Å². The molecule has 19 heavy (non-hydrogen) atoms. The Balaban J connectivity index is 2.16. The quantitative estimate of drug-likeness (QED) is 0.826. The van der Waals surface area contributed by atoms with Gasteiger partial charge in [-0.05, 0) is 60.0 Å². The first kappa shape index (κ1) is 14.1. The van der Waals surface area contributed by atoms with Gasteiger partial charge in [0, 0.05) is 12.2 Å². The number of halogens is 2. The number of rotatable bonds is 3. The van der Waals surface area contributed by atoms with Gasteiger partial charge >= 0.3 is 0 Å². The van der Waals surface area contributed by atoms with Gasteiger partial charge < -0.3 is 5.32 Å². The van der Waals surface area contributed by atoms with Gasteiger partial charge in [-0.15, -0.1) is 0 Å². The molecule has 0 fully saturated rings. The summed E-state index contributed by atoms with van der Waals surface area (Å²) in [5.74, 6) is -0.242. The largest absolute Gasteiger partial charge is 0.381 e. The topological polar surface area (TPSA) is 12.0 Å². The van der Waals surface area contributed by atoms with Crippen LogP contribution < -0.4 is 5.32 Å². The Morgan fingerprint density at radius 1 is 1.00 bits per heavy atom. The van der Waals surface area contributed by atoms with E-state index in [1.165, 1.54) is 22.8 Å². The molecule has 0 unspecified atom stereocenters. The summed E-state index contributed by atoms with van der Waals surface area (Å²) in [4.78, 5) is 0. The molecule has 0 aliphatic heterocycles. The molecule has 2 rings (SSSR count). The average molecular weight is 322 g/mol. The summed E-state index contributed by atoms with van der Waals surface area (Å²) in [6.07, 6.45) is 0. The first-order valence-electron chi connectivity index (χ1n) is 6.22. The predicted molar refractivity (Wildman–Crippen MR) is 82.1 cm³/mol. The molecule has 0 bridgehead atoms. The molecule has 0 atom stereocenters. The lowest BCUT2D eigenvalue weighted by molar-refractivity contribution is 0.621. The van der Waals surface area contributed by atoms with Crippen LogP contribution in [-0.2, 0) is 6.54 Å². The number of nitrogens with one attached hydrogen (secondary N) is 1. The van der Waals surface area contributed by atoms with E-state index < -0.39 is 0 Å². The van der Waals surface area contributed by atoms with Crippen molar-refractivity contribution in [1.29, 1.82) is 0 Å². The molecule has 0 aliphatic carbocycles. The van der Waals surface area contributed by atoms with Gasteiger partial charge in [0.2, 0.25) is 0 Å². The van der Waals surface area contributed by atoms with Crippen molar-refractivity contribution >= 4 is 21.6 Å². The van der Waals surface area contributed by atoms with Crippen LogP contribution >= 0.6 is 15.9 Å². The molecule has 2 aromatic carbocycles.